The minimum absolute atomic E-state index is 0.109. The summed E-state index contributed by atoms with van der Waals surface area (Å²) in [6.07, 6.45) is 1.77. The van der Waals surface area contributed by atoms with E-state index >= 15 is 0 Å². The van der Waals surface area contributed by atoms with Crippen molar-refractivity contribution in [1.29, 1.82) is 0 Å². The molecule has 0 aliphatic carbocycles. The van der Waals surface area contributed by atoms with Crippen LogP contribution in [-0.2, 0) is 6.54 Å². The number of carbonyl (C=O) groups excluding carboxylic acids is 1. The third-order valence-corrected chi connectivity index (χ3v) is 3.53. The van der Waals surface area contributed by atoms with Crippen molar-refractivity contribution >= 4 is 16.8 Å². The molecule has 0 spiro atoms. The number of hydrogen-bond acceptors (Lipinski definition) is 3. The molecule has 1 amide bonds. The molecule has 22 heavy (non-hydrogen) atoms. The summed E-state index contributed by atoms with van der Waals surface area (Å²) in [6.45, 7) is 6.19. The van der Waals surface area contributed by atoms with Crippen molar-refractivity contribution in [1.82, 2.24) is 9.88 Å². The Bertz CT molecular complexity index is 747. The average molecular weight is 302 g/mol. The number of aromatic hydroxyl groups is 1. The maximum atomic E-state index is 12.7. The molecule has 2 N–H and O–H groups in total. The number of para-hydroxylation sites is 1. The van der Waals surface area contributed by atoms with E-state index in [-0.39, 0.29) is 17.4 Å². The smallest absolute Gasteiger partial charge is 0.267 e. The van der Waals surface area contributed by atoms with E-state index in [1.165, 1.54) is 0 Å². The van der Waals surface area contributed by atoms with Gasteiger partial charge in [0.2, 0.25) is 0 Å². The predicted octanol–water partition coefficient (Wildman–Crippen LogP) is 2.65. The molecule has 0 radical (unpaired) electrons. The summed E-state index contributed by atoms with van der Waals surface area (Å²) in [5, 5.41) is 13.6. The Kier molecular flexibility index (Phi) is 4.85. The standard InChI is InChI=1S/C17H22N2O3/c1-4-5-10-19-13-9-7-6-8-12(13)15(20)14(17(19)22)16(21)18-11(2)3/h6-9,11,20H,4-5,10H2,1-3H3,(H,18,21). The first-order valence-electron chi connectivity index (χ1n) is 7.62. The summed E-state index contributed by atoms with van der Waals surface area (Å²) >= 11 is 0. The molecule has 0 fully saturated rings. The zero-order chi connectivity index (χ0) is 16.3. The van der Waals surface area contributed by atoms with Gasteiger partial charge in [-0.15, -0.1) is 0 Å². The van der Waals surface area contributed by atoms with Crippen LogP contribution in [0.2, 0.25) is 0 Å². The van der Waals surface area contributed by atoms with Crippen LogP contribution < -0.4 is 10.9 Å². The van der Waals surface area contributed by atoms with Gasteiger partial charge in [-0.05, 0) is 32.4 Å². The van der Waals surface area contributed by atoms with Crippen LogP contribution >= 0.6 is 0 Å². The molecular weight excluding hydrogens is 280 g/mol. The number of nitrogens with zero attached hydrogens (tertiary/aromatic N) is 1. The first-order chi connectivity index (χ1) is 10.5. The lowest BCUT2D eigenvalue weighted by Gasteiger charge is -2.15. The summed E-state index contributed by atoms with van der Waals surface area (Å²) in [7, 11) is 0. The zero-order valence-electron chi connectivity index (χ0n) is 13.2. The average Bonchev–Trinajstić information content (AvgIpc) is 2.46. The number of carbonyl (C=O) groups is 1. The molecule has 0 saturated carbocycles. The number of aromatic nitrogens is 1. The second-order valence-corrected chi connectivity index (χ2v) is 5.68. The fraction of sp³-hybridized carbons (Fsp3) is 0.412. The Balaban J connectivity index is 2.71. The Morgan fingerprint density at radius 1 is 1.32 bits per heavy atom. The fourth-order valence-electron chi connectivity index (χ4n) is 2.47. The van der Waals surface area contributed by atoms with Crippen molar-refractivity contribution in [3.63, 3.8) is 0 Å². The van der Waals surface area contributed by atoms with Gasteiger partial charge < -0.3 is 15.0 Å². The van der Waals surface area contributed by atoms with Crippen molar-refractivity contribution in [2.24, 2.45) is 0 Å². The summed E-state index contributed by atoms with van der Waals surface area (Å²) in [4.78, 5) is 25.0. The van der Waals surface area contributed by atoms with Crippen LogP contribution in [0.25, 0.3) is 10.9 Å². The molecule has 2 aromatic rings. The summed E-state index contributed by atoms with van der Waals surface area (Å²) in [5.74, 6) is -0.778. The van der Waals surface area contributed by atoms with E-state index < -0.39 is 11.5 Å². The number of aryl methyl sites for hydroxylation is 1. The van der Waals surface area contributed by atoms with Gasteiger partial charge in [0.1, 0.15) is 11.3 Å². The van der Waals surface area contributed by atoms with Gasteiger partial charge in [-0.25, -0.2) is 0 Å². The fourth-order valence-corrected chi connectivity index (χ4v) is 2.47. The number of unbranched alkanes of at least 4 members (excludes halogenated alkanes) is 1. The van der Waals surface area contributed by atoms with Gasteiger partial charge in [0, 0.05) is 18.0 Å². The van der Waals surface area contributed by atoms with Crippen molar-refractivity contribution < 1.29 is 9.90 Å². The molecule has 0 bridgehead atoms. The Morgan fingerprint density at radius 3 is 2.64 bits per heavy atom. The third kappa shape index (κ3) is 2.98. The second kappa shape index (κ2) is 6.64. The van der Waals surface area contributed by atoms with E-state index in [2.05, 4.69) is 5.32 Å². The van der Waals surface area contributed by atoms with Crippen LogP contribution in [-0.4, -0.2) is 21.6 Å². The highest BCUT2D eigenvalue weighted by Gasteiger charge is 2.22. The molecule has 1 heterocycles. The number of rotatable bonds is 5. The first kappa shape index (κ1) is 16.1. The van der Waals surface area contributed by atoms with E-state index in [1.807, 2.05) is 26.8 Å². The van der Waals surface area contributed by atoms with Crippen LogP contribution in [0, 0.1) is 0 Å². The molecule has 118 valence electrons. The Morgan fingerprint density at radius 2 is 2.00 bits per heavy atom. The molecule has 1 aromatic heterocycles. The van der Waals surface area contributed by atoms with E-state index in [9.17, 15) is 14.7 Å². The largest absolute Gasteiger partial charge is 0.506 e. The molecule has 5 heteroatoms. The van der Waals surface area contributed by atoms with Crippen molar-refractivity contribution in [2.45, 2.75) is 46.2 Å². The van der Waals surface area contributed by atoms with Gasteiger partial charge in [0.25, 0.3) is 11.5 Å². The molecule has 0 aliphatic rings. The van der Waals surface area contributed by atoms with Crippen molar-refractivity contribution in [3.8, 4) is 5.75 Å². The molecular formula is C17H22N2O3. The van der Waals surface area contributed by atoms with Crippen molar-refractivity contribution in [2.75, 3.05) is 0 Å². The van der Waals surface area contributed by atoms with Crippen LogP contribution in [0.5, 0.6) is 5.75 Å². The summed E-state index contributed by atoms with van der Waals surface area (Å²) in [5.41, 5.74) is 0.0332. The monoisotopic (exact) mass is 302 g/mol. The molecule has 0 unspecified atom stereocenters. The second-order valence-electron chi connectivity index (χ2n) is 5.68. The van der Waals surface area contributed by atoms with E-state index in [0.29, 0.717) is 17.4 Å². The molecule has 0 aliphatic heterocycles. The predicted molar refractivity (Wildman–Crippen MR) is 87.4 cm³/mol. The number of hydrogen-bond donors (Lipinski definition) is 2. The van der Waals surface area contributed by atoms with Gasteiger partial charge in [0.15, 0.2) is 0 Å². The normalized spacial score (nSPS) is 11.1. The lowest BCUT2D eigenvalue weighted by molar-refractivity contribution is 0.0938. The number of benzene rings is 1. The maximum Gasteiger partial charge on any atom is 0.267 e. The SMILES string of the molecule is CCCCn1c(=O)c(C(=O)NC(C)C)c(O)c2ccccc21. The highest BCUT2D eigenvalue weighted by Crippen LogP contribution is 2.26. The number of pyridine rings is 1. The van der Waals surface area contributed by atoms with E-state index in [1.54, 1.807) is 22.8 Å². The number of nitrogens with one attached hydrogen (secondary N) is 1. The molecule has 5 nitrogen and oxygen atoms in total. The quantitative estimate of drug-likeness (QED) is 0.892. The van der Waals surface area contributed by atoms with Gasteiger partial charge in [-0.1, -0.05) is 25.5 Å². The van der Waals surface area contributed by atoms with E-state index in [0.717, 1.165) is 12.8 Å². The lowest BCUT2D eigenvalue weighted by atomic mass is 10.1. The summed E-state index contributed by atoms with van der Waals surface area (Å²) in [6, 6.07) is 7.00. The first-order valence-corrected chi connectivity index (χ1v) is 7.62. The molecule has 1 aromatic carbocycles. The van der Waals surface area contributed by atoms with Gasteiger partial charge in [0.05, 0.1) is 5.52 Å². The minimum Gasteiger partial charge on any atom is -0.506 e. The lowest BCUT2D eigenvalue weighted by Crippen LogP contribution is -2.36. The Labute approximate surface area is 129 Å². The Hall–Kier alpha value is -2.30. The van der Waals surface area contributed by atoms with Crippen LogP contribution in [0.3, 0.4) is 0 Å². The summed E-state index contributed by atoms with van der Waals surface area (Å²) < 4.78 is 1.58. The highest BCUT2D eigenvalue weighted by molar-refractivity contribution is 6.02. The van der Waals surface area contributed by atoms with Crippen LogP contribution in [0.1, 0.15) is 44.0 Å². The topological polar surface area (TPSA) is 71.3 Å². The third-order valence-electron chi connectivity index (χ3n) is 3.53. The molecule has 0 atom stereocenters. The van der Waals surface area contributed by atoms with Crippen LogP contribution in [0.4, 0.5) is 0 Å². The number of amides is 1. The number of fused-ring (bicyclic) bond motifs is 1. The van der Waals surface area contributed by atoms with E-state index in [4.69, 9.17) is 0 Å². The minimum atomic E-state index is -0.534. The highest BCUT2D eigenvalue weighted by atomic mass is 16.3. The van der Waals surface area contributed by atoms with Gasteiger partial charge in [-0.3, -0.25) is 9.59 Å². The van der Waals surface area contributed by atoms with Gasteiger partial charge >= 0.3 is 0 Å². The maximum absolute atomic E-state index is 12.7. The van der Waals surface area contributed by atoms with Crippen molar-refractivity contribution in [3.05, 3.63) is 40.2 Å². The zero-order valence-corrected chi connectivity index (χ0v) is 13.2. The van der Waals surface area contributed by atoms with Gasteiger partial charge in [-0.2, -0.15) is 0 Å². The molecule has 0 saturated heterocycles. The molecule has 2 rings (SSSR count). The van der Waals surface area contributed by atoms with Crippen LogP contribution in [0.15, 0.2) is 29.1 Å².